The van der Waals surface area contributed by atoms with E-state index in [4.69, 9.17) is 21.3 Å². The van der Waals surface area contributed by atoms with Crippen molar-refractivity contribution in [2.24, 2.45) is 0 Å². The predicted molar refractivity (Wildman–Crippen MR) is 129 cm³/mol. The number of hydrogen-bond donors (Lipinski definition) is 0. The number of thiazole rings is 1. The summed E-state index contributed by atoms with van der Waals surface area (Å²) in [6, 6.07) is 17.2. The molecular formula is C23H20ClN3O2S2. The molecule has 0 saturated carbocycles. The molecule has 0 radical (unpaired) electrons. The van der Waals surface area contributed by atoms with E-state index in [0.717, 1.165) is 20.9 Å². The lowest BCUT2D eigenvalue weighted by Crippen LogP contribution is -2.32. The Morgan fingerprint density at radius 3 is 2.65 bits per heavy atom. The van der Waals surface area contributed by atoms with Gasteiger partial charge in [-0.05, 0) is 48.2 Å². The van der Waals surface area contributed by atoms with Gasteiger partial charge in [-0.15, -0.1) is 11.8 Å². The largest absolute Gasteiger partial charge is 0.494 e. The van der Waals surface area contributed by atoms with Gasteiger partial charge < -0.3 is 4.74 Å². The van der Waals surface area contributed by atoms with Gasteiger partial charge in [0, 0.05) is 11.1 Å². The van der Waals surface area contributed by atoms with Gasteiger partial charge in [-0.2, -0.15) is 0 Å². The third-order valence-corrected chi connectivity index (χ3v) is 7.04. The van der Waals surface area contributed by atoms with E-state index in [-0.39, 0.29) is 12.3 Å². The zero-order chi connectivity index (χ0) is 21.8. The quantitative estimate of drug-likeness (QED) is 0.318. The number of carbonyl (C=O) groups is 1. The first-order chi connectivity index (χ1) is 15.1. The fraction of sp³-hybridized carbons (Fsp3) is 0.174. The van der Waals surface area contributed by atoms with Crippen LogP contribution in [0.3, 0.4) is 0 Å². The second-order valence-corrected chi connectivity index (χ2v) is 9.01. The number of rotatable bonds is 7. The number of thioether (sulfide) groups is 1. The van der Waals surface area contributed by atoms with Crippen molar-refractivity contribution in [3.63, 3.8) is 0 Å². The van der Waals surface area contributed by atoms with Crippen molar-refractivity contribution in [1.82, 2.24) is 9.97 Å². The first-order valence-electron chi connectivity index (χ1n) is 9.55. The molecule has 2 heterocycles. The number of benzene rings is 2. The van der Waals surface area contributed by atoms with Crippen LogP contribution in [0.4, 0.5) is 5.13 Å². The van der Waals surface area contributed by atoms with E-state index in [1.807, 2.05) is 48.7 Å². The van der Waals surface area contributed by atoms with Crippen LogP contribution in [0.5, 0.6) is 5.75 Å². The molecule has 2 aromatic heterocycles. The Labute approximate surface area is 194 Å². The molecule has 0 atom stereocenters. The van der Waals surface area contributed by atoms with Gasteiger partial charge in [-0.1, -0.05) is 41.1 Å². The molecule has 0 bridgehead atoms. The minimum Gasteiger partial charge on any atom is -0.494 e. The standard InChI is InChI=1S/C23H20ClN3O2S2/c1-29-19-11-10-18(24)22-21(19)26-23(31-22)27(14-16-5-3-4-12-25-16)20(28)13-15-6-8-17(30-2)9-7-15/h3-12H,13-14H2,1-2H3. The highest BCUT2D eigenvalue weighted by atomic mass is 35.5. The first kappa shape index (κ1) is 21.6. The molecule has 0 aliphatic rings. The normalized spacial score (nSPS) is 10.9. The van der Waals surface area contributed by atoms with Crippen LogP contribution in [0.1, 0.15) is 11.3 Å². The van der Waals surface area contributed by atoms with Gasteiger partial charge in [0.1, 0.15) is 11.3 Å². The first-order valence-corrected chi connectivity index (χ1v) is 12.0. The molecular weight excluding hydrogens is 450 g/mol. The number of hydrogen-bond acceptors (Lipinski definition) is 6. The van der Waals surface area contributed by atoms with Gasteiger partial charge in [0.25, 0.3) is 0 Å². The van der Waals surface area contributed by atoms with Crippen molar-refractivity contribution in [2.45, 2.75) is 17.9 Å². The van der Waals surface area contributed by atoms with E-state index in [2.05, 4.69) is 4.98 Å². The maximum Gasteiger partial charge on any atom is 0.233 e. The highest BCUT2D eigenvalue weighted by Gasteiger charge is 2.23. The Morgan fingerprint density at radius 2 is 1.97 bits per heavy atom. The van der Waals surface area contributed by atoms with Crippen molar-refractivity contribution >= 4 is 56.0 Å². The van der Waals surface area contributed by atoms with Crippen LogP contribution < -0.4 is 9.64 Å². The van der Waals surface area contributed by atoms with Crippen LogP contribution in [0.15, 0.2) is 65.7 Å². The Balaban J connectivity index is 1.71. The molecule has 0 aliphatic heterocycles. The number of ether oxygens (including phenoxy) is 1. The number of methoxy groups -OCH3 is 1. The topological polar surface area (TPSA) is 55.3 Å². The maximum atomic E-state index is 13.4. The zero-order valence-corrected chi connectivity index (χ0v) is 19.4. The maximum absolute atomic E-state index is 13.4. The summed E-state index contributed by atoms with van der Waals surface area (Å²) < 4.78 is 6.23. The number of carbonyl (C=O) groups excluding carboxylic acids is 1. The predicted octanol–water partition coefficient (Wildman–Crippen LogP) is 5.85. The summed E-state index contributed by atoms with van der Waals surface area (Å²) in [6.07, 6.45) is 4.01. The van der Waals surface area contributed by atoms with Gasteiger partial charge in [0.2, 0.25) is 5.91 Å². The van der Waals surface area contributed by atoms with Crippen molar-refractivity contribution in [2.75, 3.05) is 18.3 Å². The minimum atomic E-state index is -0.0586. The molecule has 158 valence electrons. The van der Waals surface area contributed by atoms with Gasteiger partial charge in [-0.3, -0.25) is 14.7 Å². The van der Waals surface area contributed by atoms with E-state index < -0.39 is 0 Å². The number of nitrogens with zero attached hydrogens (tertiary/aromatic N) is 3. The monoisotopic (exact) mass is 469 g/mol. The summed E-state index contributed by atoms with van der Waals surface area (Å²) in [6.45, 7) is 0.322. The number of anilines is 1. The second kappa shape index (κ2) is 9.68. The number of fused-ring (bicyclic) bond motifs is 1. The third kappa shape index (κ3) is 4.84. The summed E-state index contributed by atoms with van der Waals surface area (Å²) in [7, 11) is 1.59. The van der Waals surface area contributed by atoms with Crippen molar-refractivity contribution in [1.29, 1.82) is 0 Å². The van der Waals surface area contributed by atoms with Crippen LogP contribution in [-0.4, -0.2) is 29.2 Å². The number of aromatic nitrogens is 2. The summed E-state index contributed by atoms with van der Waals surface area (Å²) in [5.41, 5.74) is 2.38. The molecule has 0 N–H and O–H groups in total. The van der Waals surface area contributed by atoms with Crippen molar-refractivity contribution < 1.29 is 9.53 Å². The molecule has 2 aromatic carbocycles. The molecule has 1 amide bonds. The van der Waals surface area contributed by atoms with Crippen LogP contribution in [0, 0.1) is 0 Å². The average Bonchev–Trinajstić information content (AvgIpc) is 3.25. The second-order valence-electron chi connectivity index (χ2n) is 6.75. The fourth-order valence-electron chi connectivity index (χ4n) is 3.15. The van der Waals surface area contributed by atoms with Crippen LogP contribution in [-0.2, 0) is 17.8 Å². The van der Waals surface area contributed by atoms with Gasteiger partial charge >= 0.3 is 0 Å². The van der Waals surface area contributed by atoms with Gasteiger partial charge in [-0.25, -0.2) is 4.98 Å². The van der Waals surface area contributed by atoms with Crippen molar-refractivity contribution in [3.05, 3.63) is 77.1 Å². The Kier molecular flexibility index (Phi) is 6.75. The SMILES string of the molecule is COc1ccc(Cl)c2sc(N(Cc3ccccn3)C(=O)Cc3ccc(SC)cc3)nc12. The number of halogens is 1. The van der Waals surface area contributed by atoms with Crippen molar-refractivity contribution in [3.8, 4) is 5.75 Å². The number of pyridine rings is 1. The minimum absolute atomic E-state index is 0.0586. The highest BCUT2D eigenvalue weighted by Crippen LogP contribution is 2.39. The molecule has 4 rings (SSSR count). The molecule has 0 aliphatic carbocycles. The van der Waals surface area contributed by atoms with Crippen LogP contribution in [0.25, 0.3) is 10.2 Å². The summed E-state index contributed by atoms with van der Waals surface area (Å²) in [5.74, 6) is 0.566. The lowest BCUT2D eigenvalue weighted by molar-refractivity contribution is -0.118. The zero-order valence-electron chi connectivity index (χ0n) is 17.0. The summed E-state index contributed by atoms with van der Waals surface area (Å²) in [4.78, 5) is 25.3. The van der Waals surface area contributed by atoms with E-state index in [1.165, 1.54) is 11.3 Å². The van der Waals surface area contributed by atoms with E-state index in [0.29, 0.717) is 28.0 Å². The molecule has 0 spiro atoms. The lowest BCUT2D eigenvalue weighted by Gasteiger charge is -2.19. The molecule has 8 heteroatoms. The Bertz CT molecular complexity index is 1200. The molecule has 0 unspecified atom stereocenters. The highest BCUT2D eigenvalue weighted by molar-refractivity contribution is 7.98. The lowest BCUT2D eigenvalue weighted by atomic mass is 10.1. The molecule has 4 aromatic rings. The van der Waals surface area contributed by atoms with Crippen LogP contribution in [0.2, 0.25) is 5.02 Å². The van der Waals surface area contributed by atoms with Gasteiger partial charge in [0.05, 0.1) is 35.5 Å². The van der Waals surface area contributed by atoms with Gasteiger partial charge in [0.15, 0.2) is 5.13 Å². The van der Waals surface area contributed by atoms with E-state index >= 15 is 0 Å². The van der Waals surface area contributed by atoms with E-state index in [1.54, 1.807) is 42.1 Å². The molecule has 0 fully saturated rings. The fourth-order valence-corrected chi connectivity index (χ4v) is 4.83. The van der Waals surface area contributed by atoms with Crippen LogP contribution >= 0.6 is 34.7 Å². The third-order valence-electron chi connectivity index (χ3n) is 4.76. The molecule has 0 saturated heterocycles. The summed E-state index contributed by atoms with van der Waals surface area (Å²) >= 11 is 9.45. The summed E-state index contributed by atoms with van der Waals surface area (Å²) in [5, 5.41) is 1.15. The Morgan fingerprint density at radius 1 is 1.16 bits per heavy atom. The molecule has 5 nitrogen and oxygen atoms in total. The smallest absolute Gasteiger partial charge is 0.233 e. The Hall–Kier alpha value is -2.61. The number of amides is 1. The van der Waals surface area contributed by atoms with E-state index in [9.17, 15) is 4.79 Å². The molecule has 31 heavy (non-hydrogen) atoms. The average molecular weight is 470 g/mol.